The minimum absolute atomic E-state index is 0.0168. The van der Waals surface area contributed by atoms with Crippen molar-refractivity contribution in [1.82, 2.24) is 14.8 Å². The van der Waals surface area contributed by atoms with Crippen LogP contribution in [0.1, 0.15) is 55.6 Å². The Morgan fingerprint density at radius 1 is 1.21 bits per heavy atom. The molecule has 128 valence electrons. The van der Waals surface area contributed by atoms with Crippen molar-refractivity contribution in [3.63, 3.8) is 0 Å². The Bertz CT molecular complexity index is 739. The standard InChI is InChI=1S/C18H23N3O3/c1-4-20-17(23)15(16(22)19-18(20)24)10-13-9-11(2)21(12(13)3)14-7-5-6-8-14/h9-10,14H,4-8H2,1-3H3,(H,19,22,24). The quantitative estimate of drug-likeness (QED) is 0.684. The van der Waals surface area contributed by atoms with E-state index in [0.717, 1.165) is 21.9 Å². The van der Waals surface area contributed by atoms with Crippen molar-refractivity contribution >= 4 is 23.9 Å². The lowest BCUT2D eigenvalue weighted by Gasteiger charge is -2.25. The van der Waals surface area contributed by atoms with E-state index in [9.17, 15) is 14.4 Å². The first-order valence-corrected chi connectivity index (χ1v) is 8.51. The fraction of sp³-hybridized carbons (Fsp3) is 0.500. The van der Waals surface area contributed by atoms with Crippen molar-refractivity contribution < 1.29 is 14.4 Å². The first-order chi connectivity index (χ1) is 11.4. The van der Waals surface area contributed by atoms with Crippen molar-refractivity contribution in [2.24, 2.45) is 0 Å². The van der Waals surface area contributed by atoms with Gasteiger partial charge in [0, 0.05) is 24.0 Å². The van der Waals surface area contributed by atoms with Crippen LogP contribution in [-0.2, 0) is 9.59 Å². The van der Waals surface area contributed by atoms with Gasteiger partial charge in [-0.25, -0.2) is 4.79 Å². The molecule has 1 saturated heterocycles. The Morgan fingerprint density at radius 3 is 2.50 bits per heavy atom. The first-order valence-electron chi connectivity index (χ1n) is 8.51. The number of nitrogens with one attached hydrogen (secondary N) is 1. The summed E-state index contributed by atoms with van der Waals surface area (Å²) in [6.45, 7) is 6.01. The number of carbonyl (C=O) groups excluding carboxylic acids is 3. The molecular formula is C18H23N3O3. The third kappa shape index (κ3) is 2.66. The number of imide groups is 2. The second-order valence-electron chi connectivity index (χ2n) is 6.50. The Kier molecular flexibility index (Phi) is 4.30. The molecule has 0 unspecified atom stereocenters. The molecule has 0 atom stereocenters. The number of hydrogen-bond donors (Lipinski definition) is 1. The van der Waals surface area contributed by atoms with E-state index < -0.39 is 17.8 Å². The highest BCUT2D eigenvalue weighted by molar-refractivity contribution is 6.31. The third-order valence-corrected chi connectivity index (χ3v) is 5.02. The Hall–Kier alpha value is -2.37. The molecule has 0 bridgehead atoms. The molecule has 1 aromatic heterocycles. The summed E-state index contributed by atoms with van der Waals surface area (Å²) in [7, 11) is 0. The number of amides is 4. The van der Waals surface area contributed by atoms with Gasteiger partial charge in [-0.2, -0.15) is 0 Å². The largest absolute Gasteiger partial charge is 0.346 e. The van der Waals surface area contributed by atoms with E-state index in [4.69, 9.17) is 0 Å². The summed E-state index contributed by atoms with van der Waals surface area (Å²) in [5.74, 6) is -1.16. The predicted octanol–water partition coefficient (Wildman–Crippen LogP) is 2.70. The van der Waals surface area contributed by atoms with Gasteiger partial charge in [0.15, 0.2) is 0 Å². The Morgan fingerprint density at radius 2 is 1.88 bits per heavy atom. The fourth-order valence-corrected chi connectivity index (χ4v) is 3.81. The molecule has 4 amide bonds. The molecule has 2 heterocycles. The molecule has 1 aromatic rings. The van der Waals surface area contributed by atoms with Crippen molar-refractivity contribution in [3.05, 3.63) is 28.6 Å². The summed E-state index contributed by atoms with van der Waals surface area (Å²) in [6, 6.07) is 1.86. The van der Waals surface area contributed by atoms with Crippen molar-refractivity contribution in [2.45, 2.75) is 52.5 Å². The molecule has 6 heteroatoms. The number of aryl methyl sites for hydroxylation is 1. The van der Waals surface area contributed by atoms with Gasteiger partial charge in [-0.05, 0) is 51.3 Å². The summed E-state index contributed by atoms with van der Waals surface area (Å²) in [4.78, 5) is 37.2. The van der Waals surface area contributed by atoms with Crippen LogP contribution in [0.4, 0.5) is 4.79 Å². The Balaban J connectivity index is 1.98. The van der Waals surface area contributed by atoms with Gasteiger partial charge >= 0.3 is 6.03 Å². The first kappa shape index (κ1) is 16.5. The minimum atomic E-state index is -0.652. The van der Waals surface area contributed by atoms with Crippen LogP contribution in [0.5, 0.6) is 0 Å². The molecule has 2 fully saturated rings. The maximum atomic E-state index is 12.4. The normalized spacial score (nSPS) is 21.0. The predicted molar refractivity (Wildman–Crippen MR) is 90.3 cm³/mol. The van der Waals surface area contributed by atoms with E-state index in [-0.39, 0.29) is 12.1 Å². The zero-order chi connectivity index (χ0) is 17.4. The van der Waals surface area contributed by atoms with E-state index in [1.54, 1.807) is 13.0 Å². The van der Waals surface area contributed by atoms with Gasteiger partial charge in [-0.1, -0.05) is 12.8 Å². The number of carbonyl (C=O) groups is 3. The molecular weight excluding hydrogens is 306 g/mol. The van der Waals surface area contributed by atoms with Gasteiger partial charge in [0.05, 0.1) is 0 Å². The molecule has 0 spiro atoms. The zero-order valence-electron chi connectivity index (χ0n) is 14.4. The van der Waals surface area contributed by atoms with Crippen molar-refractivity contribution in [2.75, 3.05) is 6.54 Å². The molecule has 2 aliphatic rings. The SMILES string of the molecule is CCN1C(=O)NC(=O)C(=Cc2cc(C)n(C3CCCC3)c2C)C1=O. The molecule has 6 nitrogen and oxygen atoms in total. The fourth-order valence-electron chi connectivity index (χ4n) is 3.81. The van der Waals surface area contributed by atoms with Gasteiger partial charge in [-0.15, -0.1) is 0 Å². The highest BCUT2D eigenvalue weighted by Gasteiger charge is 2.35. The number of urea groups is 1. The second kappa shape index (κ2) is 6.26. The minimum Gasteiger partial charge on any atom is -0.346 e. The van der Waals surface area contributed by atoms with Crippen LogP contribution in [0.2, 0.25) is 0 Å². The summed E-state index contributed by atoms with van der Waals surface area (Å²) in [5.41, 5.74) is 3.08. The monoisotopic (exact) mass is 329 g/mol. The third-order valence-electron chi connectivity index (χ3n) is 5.02. The van der Waals surface area contributed by atoms with Gasteiger partial charge in [0.2, 0.25) is 0 Å². The molecule has 1 N–H and O–H groups in total. The van der Waals surface area contributed by atoms with Crippen LogP contribution in [-0.4, -0.2) is 33.9 Å². The Labute approximate surface area is 141 Å². The topological polar surface area (TPSA) is 71.4 Å². The summed E-state index contributed by atoms with van der Waals surface area (Å²) < 4.78 is 2.31. The van der Waals surface area contributed by atoms with Crippen LogP contribution in [0.3, 0.4) is 0 Å². The smallest absolute Gasteiger partial charge is 0.331 e. The maximum absolute atomic E-state index is 12.4. The van der Waals surface area contributed by atoms with Crippen LogP contribution in [0.15, 0.2) is 11.6 Å². The molecule has 3 rings (SSSR count). The molecule has 24 heavy (non-hydrogen) atoms. The van der Waals surface area contributed by atoms with E-state index >= 15 is 0 Å². The molecule has 1 aliphatic carbocycles. The van der Waals surface area contributed by atoms with Crippen LogP contribution < -0.4 is 5.32 Å². The number of likely N-dealkylation sites (N-methyl/N-ethyl adjacent to an activating group) is 1. The van der Waals surface area contributed by atoms with Gasteiger partial charge in [0.25, 0.3) is 11.8 Å². The lowest BCUT2D eigenvalue weighted by atomic mass is 10.1. The molecule has 1 saturated carbocycles. The maximum Gasteiger partial charge on any atom is 0.331 e. The average Bonchev–Trinajstić information content (AvgIpc) is 3.12. The van der Waals surface area contributed by atoms with Gasteiger partial charge in [0.1, 0.15) is 5.57 Å². The number of nitrogens with zero attached hydrogens (tertiary/aromatic N) is 2. The molecule has 0 aromatic carbocycles. The highest BCUT2D eigenvalue weighted by atomic mass is 16.2. The lowest BCUT2D eigenvalue weighted by molar-refractivity contribution is -0.129. The number of rotatable bonds is 3. The van der Waals surface area contributed by atoms with Crippen LogP contribution in [0, 0.1) is 13.8 Å². The molecule has 0 radical (unpaired) electrons. The van der Waals surface area contributed by atoms with Crippen LogP contribution in [0.25, 0.3) is 6.08 Å². The molecule has 1 aliphatic heterocycles. The second-order valence-corrected chi connectivity index (χ2v) is 6.50. The summed E-state index contributed by atoms with van der Waals surface area (Å²) in [6.07, 6.45) is 6.44. The average molecular weight is 329 g/mol. The zero-order valence-corrected chi connectivity index (χ0v) is 14.4. The summed E-state index contributed by atoms with van der Waals surface area (Å²) in [5, 5.41) is 2.23. The van der Waals surface area contributed by atoms with E-state index in [1.165, 1.54) is 25.7 Å². The summed E-state index contributed by atoms with van der Waals surface area (Å²) >= 11 is 0. The highest BCUT2D eigenvalue weighted by Crippen LogP contribution is 2.34. The van der Waals surface area contributed by atoms with Crippen molar-refractivity contribution in [1.29, 1.82) is 0 Å². The lowest BCUT2D eigenvalue weighted by Crippen LogP contribution is -2.53. The van der Waals surface area contributed by atoms with Crippen LogP contribution >= 0.6 is 0 Å². The van der Waals surface area contributed by atoms with E-state index in [0.29, 0.717) is 6.04 Å². The van der Waals surface area contributed by atoms with Gasteiger partial charge in [-0.3, -0.25) is 19.8 Å². The van der Waals surface area contributed by atoms with E-state index in [1.807, 2.05) is 13.0 Å². The number of aromatic nitrogens is 1. The van der Waals surface area contributed by atoms with Gasteiger partial charge < -0.3 is 4.57 Å². The number of hydrogen-bond acceptors (Lipinski definition) is 3. The number of barbiturate groups is 1. The van der Waals surface area contributed by atoms with Crippen molar-refractivity contribution in [3.8, 4) is 0 Å². The van der Waals surface area contributed by atoms with E-state index in [2.05, 4.69) is 16.8 Å².